The van der Waals surface area contributed by atoms with Gasteiger partial charge in [0.25, 0.3) is 0 Å². The van der Waals surface area contributed by atoms with Crippen molar-refractivity contribution in [2.24, 2.45) is 0 Å². The van der Waals surface area contributed by atoms with Gasteiger partial charge in [0.15, 0.2) is 0 Å². The quantitative estimate of drug-likeness (QED) is 0.806. The zero-order valence-electron chi connectivity index (χ0n) is 11.0. The van der Waals surface area contributed by atoms with Gasteiger partial charge in [-0.15, -0.1) is 0 Å². The first-order valence-corrected chi connectivity index (χ1v) is 6.78. The lowest BCUT2D eigenvalue weighted by Gasteiger charge is -2.08. The van der Waals surface area contributed by atoms with E-state index in [9.17, 15) is 9.59 Å². The fourth-order valence-corrected chi connectivity index (χ4v) is 1.71. The van der Waals surface area contributed by atoms with E-state index >= 15 is 0 Å². The summed E-state index contributed by atoms with van der Waals surface area (Å²) in [6, 6.07) is 7.32. The number of amides is 2. The lowest BCUT2D eigenvalue weighted by atomic mass is 10.2. The summed E-state index contributed by atoms with van der Waals surface area (Å²) in [5.74, 6) is -0.306. The van der Waals surface area contributed by atoms with Crippen LogP contribution < -0.4 is 10.6 Å². The van der Waals surface area contributed by atoms with Crippen LogP contribution in [0.5, 0.6) is 0 Å². The third-order valence-electron chi connectivity index (χ3n) is 2.64. The summed E-state index contributed by atoms with van der Waals surface area (Å²) in [4.78, 5) is 22.9. The van der Waals surface area contributed by atoms with Crippen LogP contribution in [0.4, 0.5) is 0 Å². The van der Waals surface area contributed by atoms with Crippen molar-refractivity contribution in [3.05, 3.63) is 34.9 Å². The fourth-order valence-electron chi connectivity index (χ4n) is 1.50. The molecule has 0 saturated carbocycles. The van der Waals surface area contributed by atoms with E-state index < -0.39 is 0 Å². The van der Waals surface area contributed by atoms with E-state index in [4.69, 9.17) is 11.6 Å². The number of carbonyl (C=O) groups excluding carboxylic acids is 2. The first kappa shape index (κ1) is 15.5. The Bertz CT molecular complexity index is 435. The molecular weight excluding hydrogens is 264 g/mol. The molecule has 104 valence electrons. The molecule has 0 radical (unpaired) electrons. The standard InChI is InChI=1S/C14H19ClN2O2/c1-2-3-8-13(18)17-10-14(19)16-9-11-6-4-5-7-12(11)15/h4-7H,2-3,8-10H2,1H3,(H,16,19)(H,17,18). The average Bonchev–Trinajstić information content (AvgIpc) is 2.42. The Morgan fingerprint density at radius 2 is 1.89 bits per heavy atom. The second-order valence-electron chi connectivity index (χ2n) is 4.25. The highest BCUT2D eigenvalue weighted by molar-refractivity contribution is 6.31. The van der Waals surface area contributed by atoms with E-state index in [1.54, 1.807) is 6.07 Å². The molecule has 1 aromatic rings. The molecule has 0 saturated heterocycles. The monoisotopic (exact) mass is 282 g/mol. The molecule has 2 N–H and O–H groups in total. The highest BCUT2D eigenvalue weighted by Gasteiger charge is 2.05. The van der Waals surface area contributed by atoms with Crippen LogP contribution in [0.15, 0.2) is 24.3 Å². The molecule has 1 rings (SSSR count). The molecule has 2 amide bonds. The van der Waals surface area contributed by atoms with Gasteiger partial charge in [0.05, 0.1) is 6.54 Å². The minimum absolute atomic E-state index is 0.00694. The number of hydrogen-bond acceptors (Lipinski definition) is 2. The van der Waals surface area contributed by atoms with Gasteiger partial charge in [0.2, 0.25) is 11.8 Å². The zero-order chi connectivity index (χ0) is 14.1. The van der Waals surface area contributed by atoms with Crippen LogP contribution in [-0.4, -0.2) is 18.4 Å². The minimum atomic E-state index is -0.218. The second-order valence-corrected chi connectivity index (χ2v) is 4.66. The van der Waals surface area contributed by atoms with Crippen LogP contribution >= 0.6 is 11.6 Å². The first-order valence-electron chi connectivity index (χ1n) is 6.40. The Morgan fingerprint density at radius 1 is 1.16 bits per heavy atom. The molecule has 0 unspecified atom stereocenters. The van der Waals surface area contributed by atoms with Gasteiger partial charge in [-0.25, -0.2) is 0 Å². The molecule has 0 aromatic heterocycles. The van der Waals surface area contributed by atoms with Gasteiger partial charge in [-0.2, -0.15) is 0 Å². The van der Waals surface area contributed by atoms with Gasteiger partial charge in [0, 0.05) is 18.0 Å². The summed E-state index contributed by atoms with van der Waals surface area (Å²) < 4.78 is 0. The van der Waals surface area contributed by atoms with Crippen molar-refractivity contribution >= 4 is 23.4 Å². The van der Waals surface area contributed by atoms with Gasteiger partial charge in [0.1, 0.15) is 0 Å². The number of benzene rings is 1. The summed E-state index contributed by atoms with van der Waals surface area (Å²) in [5, 5.41) is 5.92. The van der Waals surface area contributed by atoms with Crippen LogP contribution in [-0.2, 0) is 16.1 Å². The SMILES string of the molecule is CCCCC(=O)NCC(=O)NCc1ccccc1Cl. The van der Waals surface area contributed by atoms with E-state index in [1.165, 1.54) is 0 Å². The molecule has 0 aliphatic heterocycles. The molecular formula is C14H19ClN2O2. The maximum Gasteiger partial charge on any atom is 0.239 e. The molecule has 19 heavy (non-hydrogen) atoms. The molecule has 0 aliphatic carbocycles. The van der Waals surface area contributed by atoms with Crippen molar-refractivity contribution < 1.29 is 9.59 Å². The summed E-state index contributed by atoms with van der Waals surface area (Å²) in [6.07, 6.45) is 2.27. The minimum Gasteiger partial charge on any atom is -0.350 e. The Balaban J connectivity index is 2.25. The van der Waals surface area contributed by atoms with Gasteiger partial charge >= 0.3 is 0 Å². The number of nitrogens with one attached hydrogen (secondary N) is 2. The molecule has 4 nitrogen and oxygen atoms in total. The van der Waals surface area contributed by atoms with Crippen molar-refractivity contribution in [3.63, 3.8) is 0 Å². The summed E-state index contributed by atoms with van der Waals surface area (Å²) >= 11 is 5.97. The van der Waals surface area contributed by atoms with E-state index in [0.717, 1.165) is 18.4 Å². The van der Waals surface area contributed by atoms with Crippen LogP contribution in [0, 0.1) is 0 Å². The maximum atomic E-state index is 11.5. The normalized spacial score (nSPS) is 10.0. The van der Waals surface area contributed by atoms with Gasteiger partial charge < -0.3 is 10.6 Å². The molecule has 0 spiro atoms. The molecule has 0 bridgehead atoms. The van der Waals surface area contributed by atoms with E-state index in [0.29, 0.717) is 18.0 Å². The predicted molar refractivity (Wildman–Crippen MR) is 75.8 cm³/mol. The predicted octanol–water partition coefficient (Wildman–Crippen LogP) is 2.26. The van der Waals surface area contributed by atoms with Crippen LogP contribution in [0.2, 0.25) is 5.02 Å². The van der Waals surface area contributed by atoms with Crippen molar-refractivity contribution in [2.75, 3.05) is 6.54 Å². The van der Waals surface area contributed by atoms with E-state index in [1.807, 2.05) is 25.1 Å². The lowest BCUT2D eigenvalue weighted by Crippen LogP contribution is -2.36. The van der Waals surface area contributed by atoms with Gasteiger partial charge in [-0.05, 0) is 18.1 Å². The lowest BCUT2D eigenvalue weighted by molar-refractivity contribution is -0.126. The molecule has 0 atom stereocenters. The first-order chi connectivity index (χ1) is 9.13. The van der Waals surface area contributed by atoms with Gasteiger partial charge in [-0.3, -0.25) is 9.59 Å². The molecule has 0 fully saturated rings. The largest absolute Gasteiger partial charge is 0.350 e. The van der Waals surface area contributed by atoms with E-state index in [2.05, 4.69) is 10.6 Å². The Morgan fingerprint density at radius 3 is 2.58 bits per heavy atom. The Kier molecular flexibility index (Phi) is 6.97. The molecule has 0 heterocycles. The van der Waals surface area contributed by atoms with E-state index in [-0.39, 0.29) is 18.4 Å². The zero-order valence-corrected chi connectivity index (χ0v) is 11.8. The van der Waals surface area contributed by atoms with Crippen LogP contribution in [0.25, 0.3) is 0 Å². The highest BCUT2D eigenvalue weighted by atomic mass is 35.5. The van der Waals surface area contributed by atoms with Crippen molar-refractivity contribution in [3.8, 4) is 0 Å². The molecule has 0 aliphatic rings. The van der Waals surface area contributed by atoms with Crippen LogP contribution in [0.1, 0.15) is 31.7 Å². The van der Waals surface area contributed by atoms with Crippen LogP contribution in [0.3, 0.4) is 0 Å². The molecule has 5 heteroatoms. The molecule has 1 aromatic carbocycles. The Hall–Kier alpha value is -1.55. The fraction of sp³-hybridized carbons (Fsp3) is 0.429. The third kappa shape index (κ3) is 6.25. The number of carbonyl (C=O) groups is 2. The Labute approximate surface area is 118 Å². The third-order valence-corrected chi connectivity index (χ3v) is 3.01. The number of unbranched alkanes of at least 4 members (excludes halogenated alkanes) is 1. The van der Waals surface area contributed by atoms with Crippen molar-refractivity contribution in [1.82, 2.24) is 10.6 Å². The number of halogens is 1. The number of rotatable bonds is 7. The smallest absolute Gasteiger partial charge is 0.239 e. The second kappa shape index (κ2) is 8.53. The summed E-state index contributed by atoms with van der Waals surface area (Å²) in [5.41, 5.74) is 0.856. The highest BCUT2D eigenvalue weighted by Crippen LogP contribution is 2.13. The number of hydrogen-bond donors (Lipinski definition) is 2. The maximum absolute atomic E-state index is 11.5. The summed E-state index contributed by atoms with van der Waals surface area (Å²) in [7, 11) is 0. The summed E-state index contributed by atoms with van der Waals surface area (Å²) in [6.45, 7) is 2.39. The topological polar surface area (TPSA) is 58.2 Å². The van der Waals surface area contributed by atoms with Crippen molar-refractivity contribution in [2.45, 2.75) is 32.7 Å². The average molecular weight is 283 g/mol. The van der Waals surface area contributed by atoms with Gasteiger partial charge in [-0.1, -0.05) is 43.1 Å². The van der Waals surface area contributed by atoms with Crippen molar-refractivity contribution in [1.29, 1.82) is 0 Å².